The summed E-state index contributed by atoms with van der Waals surface area (Å²) < 4.78 is 21.8. The summed E-state index contributed by atoms with van der Waals surface area (Å²) in [5.41, 5.74) is 1.91. The number of ether oxygens (including phenoxy) is 4. The zero-order valence-corrected chi connectivity index (χ0v) is 16.5. The maximum absolute atomic E-state index is 12.7. The molecule has 0 atom stereocenters. The van der Waals surface area contributed by atoms with Gasteiger partial charge in [-0.3, -0.25) is 4.79 Å². The standard InChI is InChI=1S/C21H27NO5/c1-6-26-19-10-7-15(11-16(19)13-27-14(2)3)21(23)22-18-9-8-17(24-4)12-20(18)25-5/h7-12,14H,6,13H2,1-5H3,(H,22,23). The topological polar surface area (TPSA) is 66.0 Å². The van der Waals surface area contributed by atoms with Crippen molar-refractivity contribution in [3.8, 4) is 17.2 Å². The summed E-state index contributed by atoms with van der Waals surface area (Å²) in [6.45, 7) is 6.77. The Balaban J connectivity index is 2.24. The predicted molar refractivity (Wildman–Crippen MR) is 105 cm³/mol. The molecule has 0 aromatic heterocycles. The molecule has 0 aliphatic carbocycles. The van der Waals surface area contributed by atoms with Crippen LogP contribution in [0.25, 0.3) is 0 Å². The van der Waals surface area contributed by atoms with Gasteiger partial charge in [-0.2, -0.15) is 0 Å². The molecule has 0 saturated carbocycles. The molecular formula is C21H27NO5. The molecule has 146 valence electrons. The van der Waals surface area contributed by atoms with Crippen molar-refractivity contribution in [2.24, 2.45) is 0 Å². The van der Waals surface area contributed by atoms with E-state index in [1.807, 2.05) is 20.8 Å². The van der Waals surface area contributed by atoms with Crippen LogP contribution in [0.15, 0.2) is 36.4 Å². The van der Waals surface area contributed by atoms with E-state index in [1.54, 1.807) is 50.6 Å². The van der Waals surface area contributed by atoms with Crippen molar-refractivity contribution in [3.05, 3.63) is 47.5 Å². The van der Waals surface area contributed by atoms with Crippen LogP contribution in [0, 0.1) is 0 Å². The van der Waals surface area contributed by atoms with Crippen LogP contribution in [0.1, 0.15) is 36.7 Å². The number of hydrogen-bond acceptors (Lipinski definition) is 5. The number of carbonyl (C=O) groups is 1. The molecular weight excluding hydrogens is 346 g/mol. The van der Waals surface area contributed by atoms with Gasteiger partial charge >= 0.3 is 0 Å². The maximum atomic E-state index is 12.7. The van der Waals surface area contributed by atoms with Gasteiger partial charge in [0, 0.05) is 17.2 Å². The normalized spacial score (nSPS) is 10.6. The molecule has 0 spiro atoms. The minimum atomic E-state index is -0.243. The second-order valence-corrected chi connectivity index (χ2v) is 6.14. The van der Waals surface area contributed by atoms with Gasteiger partial charge in [-0.15, -0.1) is 0 Å². The van der Waals surface area contributed by atoms with Gasteiger partial charge in [0.15, 0.2) is 0 Å². The highest BCUT2D eigenvalue weighted by Gasteiger charge is 2.14. The van der Waals surface area contributed by atoms with Gasteiger partial charge in [-0.1, -0.05) is 0 Å². The van der Waals surface area contributed by atoms with Crippen LogP contribution >= 0.6 is 0 Å². The highest BCUT2D eigenvalue weighted by Crippen LogP contribution is 2.30. The van der Waals surface area contributed by atoms with E-state index in [0.717, 1.165) is 11.3 Å². The molecule has 6 nitrogen and oxygen atoms in total. The average Bonchev–Trinajstić information content (AvgIpc) is 2.67. The molecule has 1 amide bonds. The lowest BCUT2D eigenvalue weighted by molar-refractivity contribution is 0.0641. The fourth-order valence-electron chi connectivity index (χ4n) is 2.48. The summed E-state index contributed by atoms with van der Waals surface area (Å²) >= 11 is 0. The molecule has 0 bridgehead atoms. The van der Waals surface area contributed by atoms with E-state index in [9.17, 15) is 4.79 Å². The Morgan fingerprint density at radius 1 is 1.04 bits per heavy atom. The highest BCUT2D eigenvalue weighted by atomic mass is 16.5. The monoisotopic (exact) mass is 373 g/mol. The second kappa shape index (κ2) is 9.83. The van der Waals surface area contributed by atoms with Gasteiger partial charge in [0.1, 0.15) is 17.2 Å². The first-order chi connectivity index (χ1) is 13.0. The van der Waals surface area contributed by atoms with E-state index >= 15 is 0 Å². The van der Waals surface area contributed by atoms with E-state index in [-0.39, 0.29) is 12.0 Å². The van der Waals surface area contributed by atoms with E-state index in [2.05, 4.69) is 5.32 Å². The zero-order valence-electron chi connectivity index (χ0n) is 16.5. The first kappa shape index (κ1) is 20.6. The third-order valence-corrected chi connectivity index (χ3v) is 3.85. The van der Waals surface area contributed by atoms with Crippen LogP contribution in [0.2, 0.25) is 0 Å². The van der Waals surface area contributed by atoms with E-state index in [0.29, 0.717) is 36.0 Å². The molecule has 0 radical (unpaired) electrons. The summed E-state index contributed by atoms with van der Waals surface area (Å²) in [5, 5.41) is 2.87. The van der Waals surface area contributed by atoms with Crippen LogP contribution in [0.3, 0.4) is 0 Å². The van der Waals surface area contributed by atoms with Crippen molar-refractivity contribution >= 4 is 11.6 Å². The molecule has 0 aliphatic heterocycles. The Labute approximate surface area is 160 Å². The van der Waals surface area contributed by atoms with Gasteiger partial charge in [0.25, 0.3) is 5.91 Å². The van der Waals surface area contributed by atoms with Crippen molar-refractivity contribution in [1.29, 1.82) is 0 Å². The van der Waals surface area contributed by atoms with E-state index < -0.39 is 0 Å². The Morgan fingerprint density at radius 2 is 1.81 bits per heavy atom. The molecule has 6 heteroatoms. The average molecular weight is 373 g/mol. The Bertz CT molecular complexity index is 773. The minimum absolute atomic E-state index is 0.0838. The van der Waals surface area contributed by atoms with Crippen LogP contribution < -0.4 is 19.5 Å². The van der Waals surface area contributed by atoms with Crippen molar-refractivity contribution in [2.45, 2.75) is 33.5 Å². The lowest BCUT2D eigenvalue weighted by Gasteiger charge is -2.15. The molecule has 27 heavy (non-hydrogen) atoms. The molecule has 2 rings (SSSR count). The number of hydrogen-bond donors (Lipinski definition) is 1. The van der Waals surface area contributed by atoms with Crippen molar-refractivity contribution in [1.82, 2.24) is 0 Å². The quantitative estimate of drug-likeness (QED) is 0.711. The smallest absolute Gasteiger partial charge is 0.255 e. The predicted octanol–water partition coefficient (Wildman–Crippen LogP) is 4.28. The van der Waals surface area contributed by atoms with Crippen LogP contribution in [0.5, 0.6) is 17.2 Å². The summed E-state index contributed by atoms with van der Waals surface area (Å²) in [6.07, 6.45) is 0.0838. The lowest BCUT2D eigenvalue weighted by Crippen LogP contribution is -2.14. The first-order valence-electron chi connectivity index (χ1n) is 8.89. The Kier molecular flexibility index (Phi) is 7.49. The van der Waals surface area contributed by atoms with Crippen LogP contribution in [-0.4, -0.2) is 32.8 Å². The van der Waals surface area contributed by atoms with Crippen molar-refractivity contribution in [2.75, 3.05) is 26.1 Å². The first-order valence-corrected chi connectivity index (χ1v) is 8.89. The van der Waals surface area contributed by atoms with Crippen molar-refractivity contribution in [3.63, 3.8) is 0 Å². The van der Waals surface area contributed by atoms with Gasteiger partial charge in [-0.05, 0) is 51.1 Å². The molecule has 0 fully saturated rings. The molecule has 0 aliphatic rings. The minimum Gasteiger partial charge on any atom is -0.497 e. The number of carbonyl (C=O) groups excluding carboxylic acids is 1. The molecule has 0 unspecified atom stereocenters. The number of rotatable bonds is 9. The third kappa shape index (κ3) is 5.62. The summed E-state index contributed by atoms with van der Waals surface area (Å²) in [6, 6.07) is 10.5. The second-order valence-electron chi connectivity index (χ2n) is 6.14. The van der Waals surface area contributed by atoms with Gasteiger partial charge < -0.3 is 24.3 Å². The number of benzene rings is 2. The molecule has 1 N–H and O–H groups in total. The van der Waals surface area contributed by atoms with Gasteiger partial charge in [-0.25, -0.2) is 0 Å². The fraction of sp³-hybridized carbons (Fsp3) is 0.381. The largest absolute Gasteiger partial charge is 0.497 e. The fourth-order valence-corrected chi connectivity index (χ4v) is 2.48. The van der Waals surface area contributed by atoms with Gasteiger partial charge in [0.2, 0.25) is 0 Å². The van der Waals surface area contributed by atoms with Crippen molar-refractivity contribution < 1.29 is 23.7 Å². The van der Waals surface area contributed by atoms with E-state index in [4.69, 9.17) is 18.9 Å². The number of nitrogens with one attached hydrogen (secondary N) is 1. The Morgan fingerprint density at radius 3 is 2.44 bits per heavy atom. The Hall–Kier alpha value is -2.73. The van der Waals surface area contributed by atoms with E-state index in [1.165, 1.54) is 0 Å². The molecule has 0 heterocycles. The van der Waals surface area contributed by atoms with Crippen LogP contribution in [0.4, 0.5) is 5.69 Å². The summed E-state index contributed by atoms with van der Waals surface area (Å²) in [4.78, 5) is 12.7. The number of methoxy groups -OCH3 is 2. The molecule has 0 saturated heterocycles. The maximum Gasteiger partial charge on any atom is 0.255 e. The summed E-state index contributed by atoms with van der Waals surface area (Å²) in [7, 11) is 3.12. The lowest BCUT2D eigenvalue weighted by atomic mass is 10.1. The zero-order chi connectivity index (χ0) is 19.8. The number of anilines is 1. The third-order valence-electron chi connectivity index (χ3n) is 3.85. The highest BCUT2D eigenvalue weighted by molar-refractivity contribution is 6.05. The van der Waals surface area contributed by atoms with Crippen LogP contribution in [-0.2, 0) is 11.3 Å². The molecule has 2 aromatic rings. The van der Waals surface area contributed by atoms with Gasteiger partial charge in [0.05, 0.1) is 39.2 Å². The molecule has 2 aromatic carbocycles. The summed E-state index contributed by atoms with van der Waals surface area (Å²) in [5.74, 6) is 1.65. The number of amides is 1. The SMILES string of the molecule is CCOc1ccc(C(=O)Nc2ccc(OC)cc2OC)cc1COC(C)C.